The van der Waals surface area contributed by atoms with Gasteiger partial charge in [0, 0.05) is 12.6 Å². The maximum Gasteiger partial charge on any atom is 0.179 e. The Morgan fingerprint density at radius 2 is 2.21 bits per heavy atom. The molecule has 102 valence electrons. The van der Waals surface area contributed by atoms with Gasteiger partial charge in [-0.25, -0.2) is 0 Å². The summed E-state index contributed by atoms with van der Waals surface area (Å²) in [6.07, 6.45) is 1.43. The number of nitrogens with one attached hydrogen (secondary N) is 1. The molecule has 1 aromatic rings. The highest BCUT2D eigenvalue weighted by Gasteiger charge is 2.16. The van der Waals surface area contributed by atoms with Gasteiger partial charge in [-0.2, -0.15) is 5.26 Å². The number of ether oxygens (including phenoxy) is 2. The first-order valence-electron chi connectivity index (χ1n) is 6.43. The van der Waals surface area contributed by atoms with Crippen LogP contribution in [0.15, 0.2) is 12.1 Å². The van der Waals surface area contributed by atoms with Crippen LogP contribution in [0.25, 0.3) is 0 Å². The third-order valence-corrected chi connectivity index (χ3v) is 3.36. The molecule has 0 radical (unpaired) electrons. The summed E-state index contributed by atoms with van der Waals surface area (Å²) in [7, 11) is 0. The van der Waals surface area contributed by atoms with E-state index >= 15 is 0 Å². The third kappa shape index (κ3) is 3.52. The molecule has 0 bridgehead atoms. The molecule has 0 amide bonds. The Hall–Kier alpha value is -1.44. The standard InChI is InChI=1S/C14H17ClN2O2/c1-2-11(3-4-16)17-9-10-7-12(15)14-13(8-10)18-5-6-19-14/h7-8,11,17H,2-3,5-6,9H2,1H3. The average Bonchev–Trinajstić information content (AvgIpc) is 2.43. The van der Waals surface area contributed by atoms with Crippen LogP contribution in [0.2, 0.25) is 5.02 Å². The van der Waals surface area contributed by atoms with E-state index in [-0.39, 0.29) is 6.04 Å². The number of nitrogens with zero attached hydrogens (tertiary/aromatic N) is 1. The van der Waals surface area contributed by atoms with Gasteiger partial charge in [-0.1, -0.05) is 18.5 Å². The van der Waals surface area contributed by atoms with E-state index in [0.717, 1.165) is 12.0 Å². The largest absolute Gasteiger partial charge is 0.486 e. The molecule has 0 aromatic heterocycles. The second kappa shape index (κ2) is 6.65. The normalized spacial score (nSPS) is 14.8. The molecular weight excluding hydrogens is 264 g/mol. The van der Waals surface area contributed by atoms with Gasteiger partial charge in [0.1, 0.15) is 13.2 Å². The van der Waals surface area contributed by atoms with Crippen molar-refractivity contribution in [1.29, 1.82) is 5.26 Å². The molecule has 1 heterocycles. The molecule has 1 atom stereocenters. The van der Waals surface area contributed by atoms with Crippen LogP contribution in [-0.2, 0) is 6.54 Å². The Kier molecular flexibility index (Phi) is 4.89. The number of rotatable bonds is 5. The Morgan fingerprint density at radius 1 is 1.42 bits per heavy atom. The van der Waals surface area contributed by atoms with Gasteiger partial charge in [-0.15, -0.1) is 0 Å². The lowest BCUT2D eigenvalue weighted by atomic mass is 10.1. The zero-order valence-electron chi connectivity index (χ0n) is 10.9. The highest BCUT2D eigenvalue weighted by atomic mass is 35.5. The smallest absolute Gasteiger partial charge is 0.179 e. The summed E-state index contributed by atoms with van der Waals surface area (Å²) < 4.78 is 11.0. The van der Waals surface area contributed by atoms with Crippen LogP contribution in [0.1, 0.15) is 25.3 Å². The zero-order valence-corrected chi connectivity index (χ0v) is 11.7. The van der Waals surface area contributed by atoms with Crippen molar-refractivity contribution < 1.29 is 9.47 Å². The second-order valence-corrected chi connectivity index (χ2v) is 4.86. The molecule has 5 heteroatoms. The van der Waals surface area contributed by atoms with Crippen LogP contribution >= 0.6 is 11.6 Å². The zero-order chi connectivity index (χ0) is 13.7. The Balaban J connectivity index is 2.05. The number of hydrogen-bond acceptors (Lipinski definition) is 4. The Labute approximate surface area is 118 Å². The van der Waals surface area contributed by atoms with Gasteiger partial charge in [-0.3, -0.25) is 0 Å². The molecule has 1 aromatic carbocycles. The molecule has 0 spiro atoms. The maximum absolute atomic E-state index is 8.72. The van der Waals surface area contributed by atoms with E-state index in [4.69, 9.17) is 26.3 Å². The van der Waals surface area contributed by atoms with Crippen LogP contribution < -0.4 is 14.8 Å². The fourth-order valence-electron chi connectivity index (χ4n) is 2.00. The van der Waals surface area contributed by atoms with Crippen LogP contribution in [0.3, 0.4) is 0 Å². The van der Waals surface area contributed by atoms with E-state index in [1.165, 1.54) is 0 Å². The summed E-state index contributed by atoms with van der Waals surface area (Å²) in [4.78, 5) is 0. The second-order valence-electron chi connectivity index (χ2n) is 4.45. The minimum atomic E-state index is 0.206. The van der Waals surface area contributed by atoms with Gasteiger partial charge in [0.15, 0.2) is 11.5 Å². The van der Waals surface area contributed by atoms with E-state index < -0.39 is 0 Å². The molecule has 19 heavy (non-hydrogen) atoms. The first-order valence-corrected chi connectivity index (χ1v) is 6.80. The summed E-state index contributed by atoms with van der Waals surface area (Å²) in [5.41, 5.74) is 1.03. The fraction of sp³-hybridized carbons (Fsp3) is 0.500. The van der Waals surface area contributed by atoms with Crippen molar-refractivity contribution in [3.05, 3.63) is 22.7 Å². The monoisotopic (exact) mass is 280 g/mol. The lowest BCUT2D eigenvalue weighted by Gasteiger charge is -2.21. The summed E-state index contributed by atoms with van der Waals surface area (Å²) in [5.74, 6) is 1.32. The van der Waals surface area contributed by atoms with Crippen LogP contribution in [0.5, 0.6) is 11.5 Å². The third-order valence-electron chi connectivity index (χ3n) is 3.08. The van der Waals surface area contributed by atoms with Gasteiger partial charge in [0.05, 0.1) is 17.5 Å². The first-order chi connectivity index (χ1) is 9.24. The lowest BCUT2D eigenvalue weighted by molar-refractivity contribution is 0.171. The molecule has 0 aliphatic carbocycles. The maximum atomic E-state index is 8.72. The number of nitriles is 1. The van der Waals surface area contributed by atoms with Gasteiger partial charge < -0.3 is 14.8 Å². The minimum Gasteiger partial charge on any atom is -0.486 e. The van der Waals surface area contributed by atoms with Crippen LogP contribution in [0, 0.1) is 11.3 Å². The van der Waals surface area contributed by atoms with Gasteiger partial charge >= 0.3 is 0 Å². The van der Waals surface area contributed by atoms with Gasteiger partial charge in [0.2, 0.25) is 0 Å². The summed E-state index contributed by atoms with van der Waals surface area (Å²) in [5, 5.41) is 12.6. The van der Waals surface area contributed by atoms with Crippen molar-refractivity contribution in [2.24, 2.45) is 0 Å². The van der Waals surface area contributed by atoms with E-state index in [0.29, 0.717) is 42.7 Å². The topological polar surface area (TPSA) is 54.3 Å². The fourth-order valence-corrected chi connectivity index (χ4v) is 2.29. The predicted molar refractivity (Wildman–Crippen MR) is 73.6 cm³/mol. The number of fused-ring (bicyclic) bond motifs is 1. The average molecular weight is 281 g/mol. The molecule has 1 N–H and O–H groups in total. The number of benzene rings is 1. The molecule has 0 fully saturated rings. The number of hydrogen-bond donors (Lipinski definition) is 1. The molecule has 1 aliphatic rings. The van der Waals surface area contributed by atoms with Crippen molar-refractivity contribution in [2.75, 3.05) is 13.2 Å². The molecule has 0 saturated carbocycles. The molecule has 4 nitrogen and oxygen atoms in total. The highest BCUT2D eigenvalue weighted by Crippen LogP contribution is 2.38. The van der Waals surface area contributed by atoms with Crippen molar-refractivity contribution in [2.45, 2.75) is 32.4 Å². The summed E-state index contributed by atoms with van der Waals surface area (Å²) >= 11 is 6.17. The van der Waals surface area contributed by atoms with Crippen molar-refractivity contribution >= 4 is 11.6 Å². The van der Waals surface area contributed by atoms with Crippen molar-refractivity contribution in [1.82, 2.24) is 5.32 Å². The number of halogens is 1. The molecule has 1 aliphatic heterocycles. The molecule has 2 rings (SSSR count). The van der Waals surface area contributed by atoms with Crippen molar-refractivity contribution in [3.8, 4) is 17.6 Å². The summed E-state index contributed by atoms with van der Waals surface area (Å²) in [6, 6.07) is 6.20. The SMILES string of the molecule is CCC(CC#N)NCc1cc(Cl)c2c(c1)OCCO2. The predicted octanol–water partition coefficient (Wildman–Crippen LogP) is 2.89. The van der Waals surface area contributed by atoms with E-state index in [2.05, 4.69) is 18.3 Å². The Morgan fingerprint density at radius 3 is 2.95 bits per heavy atom. The summed E-state index contributed by atoms with van der Waals surface area (Å²) in [6.45, 7) is 3.80. The van der Waals surface area contributed by atoms with Crippen LogP contribution in [0.4, 0.5) is 0 Å². The quantitative estimate of drug-likeness (QED) is 0.901. The molecule has 1 unspecified atom stereocenters. The minimum absolute atomic E-state index is 0.206. The van der Waals surface area contributed by atoms with Crippen LogP contribution in [-0.4, -0.2) is 19.3 Å². The molecule has 0 saturated heterocycles. The Bertz CT molecular complexity index is 485. The van der Waals surface area contributed by atoms with E-state index in [9.17, 15) is 0 Å². The lowest BCUT2D eigenvalue weighted by Crippen LogP contribution is -2.27. The van der Waals surface area contributed by atoms with E-state index in [1.54, 1.807) is 0 Å². The molecular formula is C14H17ClN2O2. The van der Waals surface area contributed by atoms with Crippen molar-refractivity contribution in [3.63, 3.8) is 0 Å². The van der Waals surface area contributed by atoms with Gasteiger partial charge in [-0.05, 0) is 24.1 Å². The first kappa shape index (κ1) is 14.0. The highest BCUT2D eigenvalue weighted by molar-refractivity contribution is 6.32. The van der Waals surface area contributed by atoms with Gasteiger partial charge in [0.25, 0.3) is 0 Å². The van der Waals surface area contributed by atoms with E-state index in [1.807, 2.05) is 12.1 Å².